The van der Waals surface area contributed by atoms with Gasteiger partial charge in [0.2, 0.25) is 5.91 Å². The van der Waals surface area contributed by atoms with E-state index in [1.807, 2.05) is 25.1 Å². The van der Waals surface area contributed by atoms with Crippen molar-refractivity contribution in [1.29, 1.82) is 0 Å². The number of benzene rings is 1. The van der Waals surface area contributed by atoms with Crippen LogP contribution in [0.5, 0.6) is 0 Å². The molecule has 2 amide bonds. The van der Waals surface area contributed by atoms with Crippen LogP contribution in [-0.4, -0.2) is 34.5 Å². The van der Waals surface area contributed by atoms with Crippen molar-refractivity contribution in [2.24, 2.45) is 0 Å². The summed E-state index contributed by atoms with van der Waals surface area (Å²) in [5.41, 5.74) is 2.12. The zero-order valence-corrected chi connectivity index (χ0v) is 15.4. The van der Waals surface area contributed by atoms with E-state index in [1.54, 1.807) is 12.1 Å². The molecule has 0 aliphatic heterocycles. The minimum Gasteiger partial charge on any atom is -0.459 e. The summed E-state index contributed by atoms with van der Waals surface area (Å²) in [6.07, 6.45) is 3.26. The number of nitrogens with zero attached hydrogens (tertiary/aromatic N) is 2. The number of rotatable bonds is 9. The smallest absolute Gasteiger partial charge is 0.286 e. The Morgan fingerprint density at radius 2 is 1.89 bits per heavy atom. The zero-order chi connectivity index (χ0) is 19.1. The summed E-state index contributed by atoms with van der Waals surface area (Å²) in [5.74, 6) is 0.995. The van der Waals surface area contributed by atoms with Gasteiger partial charge >= 0.3 is 0 Å². The summed E-state index contributed by atoms with van der Waals surface area (Å²) < 4.78 is 7.18. The Bertz CT molecular complexity index is 899. The van der Waals surface area contributed by atoms with E-state index < -0.39 is 0 Å². The summed E-state index contributed by atoms with van der Waals surface area (Å²) in [7, 11) is 0. The summed E-state index contributed by atoms with van der Waals surface area (Å²) in [6.45, 7) is 3.86. The van der Waals surface area contributed by atoms with E-state index in [2.05, 4.69) is 26.3 Å². The van der Waals surface area contributed by atoms with Crippen molar-refractivity contribution < 1.29 is 14.0 Å². The summed E-state index contributed by atoms with van der Waals surface area (Å²) >= 11 is 0. The second kappa shape index (κ2) is 9.02. The molecule has 2 aromatic heterocycles. The average Bonchev–Trinajstić information content (AvgIpc) is 3.30. The number of carbonyl (C=O) groups is 2. The Morgan fingerprint density at radius 3 is 2.70 bits per heavy atom. The highest BCUT2D eigenvalue weighted by molar-refractivity contribution is 5.91. The molecule has 0 fully saturated rings. The Kier molecular flexibility index (Phi) is 6.25. The van der Waals surface area contributed by atoms with Gasteiger partial charge in [-0.25, -0.2) is 4.98 Å². The number of hydrogen-bond donors (Lipinski definition) is 2. The van der Waals surface area contributed by atoms with Gasteiger partial charge in [0.25, 0.3) is 5.91 Å². The van der Waals surface area contributed by atoms with E-state index in [4.69, 9.17) is 4.42 Å². The van der Waals surface area contributed by atoms with Crippen LogP contribution in [0.4, 0.5) is 0 Å². The number of para-hydroxylation sites is 2. The van der Waals surface area contributed by atoms with Gasteiger partial charge in [-0.3, -0.25) is 9.59 Å². The third-order valence-electron chi connectivity index (χ3n) is 4.34. The van der Waals surface area contributed by atoms with Crippen LogP contribution >= 0.6 is 0 Å². The molecular weight excluding hydrogens is 344 g/mol. The standard InChI is InChI=1S/C20H24N4O3/c1-15-23-16-7-2-3-8-17(16)24(15)13-6-12-21-19(25)10-4-11-22-20(26)18-9-5-14-27-18/h2-3,5,7-9,14H,4,6,10-13H2,1H3,(H,21,25)(H,22,26). The molecule has 7 heteroatoms. The van der Waals surface area contributed by atoms with Crippen molar-refractivity contribution in [2.45, 2.75) is 32.7 Å². The van der Waals surface area contributed by atoms with Crippen LogP contribution in [0.25, 0.3) is 11.0 Å². The number of imidazole rings is 1. The van der Waals surface area contributed by atoms with Crippen LogP contribution in [-0.2, 0) is 11.3 Å². The number of aromatic nitrogens is 2. The highest BCUT2D eigenvalue weighted by atomic mass is 16.3. The predicted molar refractivity (Wildman–Crippen MR) is 102 cm³/mol. The molecule has 3 aromatic rings. The third-order valence-corrected chi connectivity index (χ3v) is 4.34. The molecule has 0 saturated heterocycles. The second-order valence-corrected chi connectivity index (χ2v) is 6.34. The molecule has 0 radical (unpaired) electrons. The topological polar surface area (TPSA) is 89.2 Å². The van der Waals surface area contributed by atoms with Crippen LogP contribution in [0.1, 0.15) is 35.6 Å². The molecule has 0 aliphatic rings. The molecule has 7 nitrogen and oxygen atoms in total. The Morgan fingerprint density at radius 1 is 1.07 bits per heavy atom. The van der Waals surface area contributed by atoms with Crippen molar-refractivity contribution in [3.05, 3.63) is 54.2 Å². The lowest BCUT2D eigenvalue weighted by Crippen LogP contribution is -2.28. The Hall–Kier alpha value is -3.09. The molecule has 0 aliphatic carbocycles. The van der Waals surface area contributed by atoms with Crippen molar-refractivity contribution in [3.63, 3.8) is 0 Å². The second-order valence-electron chi connectivity index (χ2n) is 6.34. The maximum absolute atomic E-state index is 11.9. The number of fused-ring (bicyclic) bond motifs is 1. The number of hydrogen-bond acceptors (Lipinski definition) is 4. The van der Waals surface area contributed by atoms with Crippen molar-refractivity contribution in [1.82, 2.24) is 20.2 Å². The fraction of sp³-hybridized carbons (Fsp3) is 0.350. The van der Waals surface area contributed by atoms with Gasteiger partial charge in [0.15, 0.2) is 5.76 Å². The van der Waals surface area contributed by atoms with Gasteiger partial charge in [-0.2, -0.15) is 0 Å². The van der Waals surface area contributed by atoms with Gasteiger partial charge in [-0.1, -0.05) is 12.1 Å². The van der Waals surface area contributed by atoms with Gasteiger partial charge in [-0.15, -0.1) is 0 Å². The van der Waals surface area contributed by atoms with Gasteiger partial charge in [0.05, 0.1) is 17.3 Å². The molecule has 142 valence electrons. The molecule has 1 aromatic carbocycles. The average molecular weight is 368 g/mol. The van der Waals surface area contributed by atoms with Gasteiger partial charge < -0.3 is 19.6 Å². The third kappa shape index (κ3) is 4.97. The van der Waals surface area contributed by atoms with Gasteiger partial charge in [0.1, 0.15) is 5.82 Å². The first kappa shape index (κ1) is 18.7. The molecule has 3 rings (SSSR count). The van der Waals surface area contributed by atoms with E-state index in [-0.39, 0.29) is 17.6 Å². The molecule has 0 spiro atoms. The number of amides is 2. The Labute approximate surface area is 157 Å². The largest absolute Gasteiger partial charge is 0.459 e. The van der Waals surface area contributed by atoms with Crippen molar-refractivity contribution in [3.8, 4) is 0 Å². The minimum absolute atomic E-state index is 0.00513. The van der Waals surface area contributed by atoms with E-state index in [0.29, 0.717) is 25.9 Å². The summed E-state index contributed by atoms with van der Waals surface area (Å²) in [5, 5.41) is 5.65. The van der Waals surface area contributed by atoms with E-state index in [1.165, 1.54) is 6.26 Å². The van der Waals surface area contributed by atoms with E-state index in [0.717, 1.165) is 29.8 Å². The molecule has 0 atom stereocenters. The molecule has 27 heavy (non-hydrogen) atoms. The first-order valence-corrected chi connectivity index (χ1v) is 9.15. The van der Waals surface area contributed by atoms with Crippen LogP contribution in [0.2, 0.25) is 0 Å². The lowest BCUT2D eigenvalue weighted by molar-refractivity contribution is -0.121. The number of carbonyl (C=O) groups excluding carboxylic acids is 2. The number of nitrogens with one attached hydrogen (secondary N) is 2. The van der Waals surface area contributed by atoms with Gasteiger partial charge in [-0.05, 0) is 44.0 Å². The monoisotopic (exact) mass is 368 g/mol. The van der Waals surface area contributed by atoms with Crippen LogP contribution in [0.15, 0.2) is 47.1 Å². The minimum atomic E-state index is -0.261. The molecule has 2 heterocycles. The molecule has 0 saturated carbocycles. The molecule has 0 bridgehead atoms. The first-order chi connectivity index (χ1) is 13.1. The summed E-state index contributed by atoms with van der Waals surface area (Å²) in [6, 6.07) is 11.3. The fourth-order valence-electron chi connectivity index (χ4n) is 2.98. The van der Waals surface area contributed by atoms with Crippen LogP contribution in [0, 0.1) is 6.92 Å². The van der Waals surface area contributed by atoms with Gasteiger partial charge in [0, 0.05) is 26.1 Å². The normalized spacial score (nSPS) is 10.9. The molecule has 0 unspecified atom stereocenters. The van der Waals surface area contributed by atoms with E-state index in [9.17, 15) is 9.59 Å². The maximum atomic E-state index is 11.9. The fourth-order valence-corrected chi connectivity index (χ4v) is 2.98. The lowest BCUT2D eigenvalue weighted by Gasteiger charge is -2.08. The lowest BCUT2D eigenvalue weighted by atomic mass is 10.2. The van der Waals surface area contributed by atoms with Crippen molar-refractivity contribution in [2.75, 3.05) is 13.1 Å². The highest BCUT2D eigenvalue weighted by Gasteiger charge is 2.08. The summed E-state index contributed by atoms with van der Waals surface area (Å²) in [4.78, 5) is 28.1. The molecule has 2 N–H and O–H groups in total. The highest BCUT2D eigenvalue weighted by Crippen LogP contribution is 2.15. The SMILES string of the molecule is Cc1nc2ccccc2n1CCCNC(=O)CCCNC(=O)c1ccco1. The van der Waals surface area contributed by atoms with Crippen LogP contribution in [0.3, 0.4) is 0 Å². The number of furan rings is 1. The maximum Gasteiger partial charge on any atom is 0.286 e. The van der Waals surface area contributed by atoms with Crippen LogP contribution < -0.4 is 10.6 Å². The zero-order valence-electron chi connectivity index (χ0n) is 15.4. The first-order valence-electron chi connectivity index (χ1n) is 9.15. The quantitative estimate of drug-likeness (QED) is 0.568. The predicted octanol–water partition coefficient (Wildman–Crippen LogP) is 2.65. The van der Waals surface area contributed by atoms with E-state index >= 15 is 0 Å². The number of aryl methyl sites for hydroxylation is 2. The molecular formula is C20H24N4O3. The van der Waals surface area contributed by atoms with Crippen molar-refractivity contribution >= 4 is 22.8 Å². The Balaban J connectivity index is 1.31.